The topological polar surface area (TPSA) is 102 Å². The number of ether oxygens (including phenoxy) is 1. The van der Waals surface area contributed by atoms with Crippen molar-refractivity contribution < 1.29 is 19.0 Å². The van der Waals surface area contributed by atoms with Crippen LogP contribution in [-0.4, -0.2) is 48.9 Å². The van der Waals surface area contributed by atoms with Gasteiger partial charge >= 0.3 is 0 Å². The Balaban J connectivity index is 1.65. The van der Waals surface area contributed by atoms with E-state index in [-0.39, 0.29) is 11.7 Å². The summed E-state index contributed by atoms with van der Waals surface area (Å²) in [6.07, 6.45) is -1.33. The van der Waals surface area contributed by atoms with Crippen molar-refractivity contribution in [1.29, 1.82) is 0 Å². The SMILES string of the molecule is CC[C@H]1O[C@@H](n2cnc3c(NC(=O)c4ccccc4)ncnc32)[C@@H](F)C1O. The number of hydrogen-bond acceptors (Lipinski definition) is 6. The third-order valence-corrected chi connectivity index (χ3v) is 4.60. The lowest BCUT2D eigenvalue weighted by Gasteiger charge is -2.15. The number of hydrogen-bond donors (Lipinski definition) is 2. The van der Waals surface area contributed by atoms with Crippen LogP contribution in [0.3, 0.4) is 0 Å². The number of carbonyl (C=O) groups excluding carboxylic acids is 1. The highest BCUT2D eigenvalue weighted by Crippen LogP contribution is 2.35. The maximum Gasteiger partial charge on any atom is 0.256 e. The molecule has 1 unspecified atom stereocenters. The number of aromatic nitrogens is 4. The summed E-state index contributed by atoms with van der Waals surface area (Å²) in [5.74, 6) is -0.124. The van der Waals surface area contributed by atoms with Gasteiger partial charge in [0.25, 0.3) is 5.91 Å². The molecule has 2 aromatic heterocycles. The summed E-state index contributed by atoms with van der Waals surface area (Å²) in [5.41, 5.74) is 1.09. The summed E-state index contributed by atoms with van der Waals surface area (Å²) in [6.45, 7) is 1.81. The zero-order valence-corrected chi connectivity index (χ0v) is 14.5. The highest BCUT2D eigenvalue weighted by molar-refractivity contribution is 6.06. The lowest BCUT2D eigenvalue weighted by molar-refractivity contribution is -0.0238. The van der Waals surface area contributed by atoms with E-state index in [4.69, 9.17) is 4.74 Å². The van der Waals surface area contributed by atoms with Crippen molar-refractivity contribution in [3.63, 3.8) is 0 Å². The Hall–Kier alpha value is -2.91. The Kier molecular flexibility index (Phi) is 4.54. The van der Waals surface area contributed by atoms with Crippen molar-refractivity contribution in [1.82, 2.24) is 19.5 Å². The lowest BCUT2D eigenvalue weighted by Crippen LogP contribution is -2.27. The smallest absolute Gasteiger partial charge is 0.256 e. The third-order valence-electron chi connectivity index (χ3n) is 4.60. The number of aliphatic hydroxyl groups is 1. The summed E-state index contributed by atoms with van der Waals surface area (Å²) < 4.78 is 21.5. The first-order valence-electron chi connectivity index (χ1n) is 8.61. The van der Waals surface area contributed by atoms with Gasteiger partial charge in [0, 0.05) is 5.56 Å². The van der Waals surface area contributed by atoms with Crippen molar-refractivity contribution in [2.75, 3.05) is 5.32 Å². The van der Waals surface area contributed by atoms with E-state index in [0.717, 1.165) is 0 Å². The van der Waals surface area contributed by atoms with Gasteiger partial charge in [-0.2, -0.15) is 0 Å². The van der Waals surface area contributed by atoms with E-state index in [9.17, 15) is 14.3 Å². The molecule has 0 bridgehead atoms. The van der Waals surface area contributed by atoms with Gasteiger partial charge in [0.05, 0.1) is 12.4 Å². The molecule has 1 amide bonds. The first kappa shape index (κ1) is 17.5. The Labute approximate surface area is 154 Å². The Bertz CT molecular complexity index is 964. The maximum absolute atomic E-state index is 14.5. The molecule has 0 spiro atoms. The number of halogens is 1. The van der Waals surface area contributed by atoms with Crippen LogP contribution in [0.2, 0.25) is 0 Å². The number of carbonyl (C=O) groups is 1. The summed E-state index contributed by atoms with van der Waals surface area (Å²) >= 11 is 0. The molecule has 2 N–H and O–H groups in total. The lowest BCUT2D eigenvalue weighted by atomic mass is 10.1. The van der Waals surface area contributed by atoms with E-state index in [2.05, 4.69) is 20.3 Å². The highest BCUT2D eigenvalue weighted by atomic mass is 19.1. The van der Waals surface area contributed by atoms with Gasteiger partial charge in [-0.25, -0.2) is 19.3 Å². The predicted octanol–water partition coefficient (Wildman–Crippen LogP) is 2.09. The fourth-order valence-corrected chi connectivity index (χ4v) is 3.16. The van der Waals surface area contributed by atoms with Crippen LogP contribution in [0.5, 0.6) is 0 Å². The van der Waals surface area contributed by atoms with E-state index >= 15 is 0 Å². The van der Waals surface area contributed by atoms with Crippen LogP contribution in [0, 0.1) is 0 Å². The number of nitrogens with one attached hydrogen (secondary N) is 1. The minimum absolute atomic E-state index is 0.216. The van der Waals surface area contributed by atoms with Gasteiger partial charge in [-0.1, -0.05) is 25.1 Å². The normalized spacial score (nSPS) is 25.0. The molecule has 4 atom stereocenters. The molecule has 3 aromatic rings. The number of benzene rings is 1. The van der Waals surface area contributed by atoms with E-state index in [1.165, 1.54) is 17.2 Å². The van der Waals surface area contributed by atoms with Gasteiger partial charge in [0.15, 0.2) is 29.4 Å². The number of imidazole rings is 1. The summed E-state index contributed by atoms with van der Waals surface area (Å²) in [7, 11) is 0. The molecule has 8 nitrogen and oxygen atoms in total. The van der Waals surface area contributed by atoms with E-state index in [1.54, 1.807) is 24.3 Å². The Morgan fingerprint density at radius 3 is 2.78 bits per heavy atom. The molecule has 4 rings (SSSR count). The van der Waals surface area contributed by atoms with Gasteiger partial charge in [0.1, 0.15) is 12.4 Å². The first-order valence-corrected chi connectivity index (χ1v) is 8.61. The monoisotopic (exact) mass is 371 g/mol. The average molecular weight is 371 g/mol. The number of anilines is 1. The Morgan fingerprint density at radius 2 is 2.07 bits per heavy atom. The summed E-state index contributed by atoms with van der Waals surface area (Å²) in [6, 6.07) is 8.69. The van der Waals surface area contributed by atoms with Crippen LogP contribution in [-0.2, 0) is 4.74 Å². The fourth-order valence-electron chi connectivity index (χ4n) is 3.16. The first-order chi connectivity index (χ1) is 13.1. The Morgan fingerprint density at radius 1 is 1.30 bits per heavy atom. The van der Waals surface area contributed by atoms with Gasteiger partial charge in [-0.3, -0.25) is 9.36 Å². The molecule has 1 aliphatic heterocycles. The van der Waals surface area contributed by atoms with Crippen LogP contribution in [0.1, 0.15) is 29.9 Å². The highest BCUT2D eigenvalue weighted by Gasteiger charge is 2.44. The van der Waals surface area contributed by atoms with Crippen LogP contribution in [0.25, 0.3) is 11.2 Å². The molecule has 0 radical (unpaired) electrons. The van der Waals surface area contributed by atoms with E-state index in [0.29, 0.717) is 23.1 Å². The fraction of sp³-hybridized carbons (Fsp3) is 0.333. The average Bonchev–Trinajstić information content (AvgIpc) is 3.25. The second kappa shape index (κ2) is 7.01. The zero-order chi connectivity index (χ0) is 19.0. The van der Waals surface area contributed by atoms with Crippen molar-refractivity contribution in [2.24, 2.45) is 0 Å². The number of aliphatic hydroxyl groups excluding tert-OH is 1. The van der Waals surface area contributed by atoms with Gasteiger partial charge < -0.3 is 15.2 Å². The van der Waals surface area contributed by atoms with Crippen molar-refractivity contribution in [3.8, 4) is 0 Å². The van der Waals surface area contributed by atoms with Crippen LogP contribution in [0.4, 0.5) is 10.2 Å². The standard InChI is InChI=1S/C18H18FN5O3/c1-2-11-14(25)12(19)18(27-11)24-9-22-13-15(20-8-21-16(13)24)23-17(26)10-6-4-3-5-7-10/h3-9,11-12,14,18,25H,2H2,1H3,(H,20,21,23,26)/t11-,12+,14?,18-/m1/s1. The van der Waals surface area contributed by atoms with E-state index in [1.807, 2.05) is 13.0 Å². The quantitative estimate of drug-likeness (QED) is 0.728. The molecule has 9 heteroatoms. The van der Waals surface area contributed by atoms with Gasteiger partial charge in [-0.05, 0) is 18.6 Å². The molecular weight excluding hydrogens is 353 g/mol. The molecule has 1 saturated heterocycles. The number of rotatable bonds is 4. The van der Waals surface area contributed by atoms with Crippen molar-refractivity contribution in [2.45, 2.75) is 38.0 Å². The van der Waals surface area contributed by atoms with Crippen LogP contribution >= 0.6 is 0 Å². The summed E-state index contributed by atoms with van der Waals surface area (Å²) in [4.78, 5) is 24.8. The molecule has 3 heterocycles. The van der Waals surface area contributed by atoms with Crippen molar-refractivity contribution >= 4 is 22.9 Å². The minimum Gasteiger partial charge on any atom is -0.387 e. The van der Waals surface area contributed by atoms with Crippen LogP contribution in [0.15, 0.2) is 43.0 Å². The number of alkyl halides is 1. The van der Waals surface area contributed by atoms with E-state index < -0.39 is 24.6 Å². The maximum atomic E-state index is 14.5. The predicted molar refractivity (Wildman–Crippen MR) is 94.8 cm³/mol. The molecule has 0 saturated carbocycles. The molecule has 1 aromatic carbocycles. The molecule has 0 aliphatic carbocycles. The van der Waals surface area contributed by atoms with Crippen LogP contribution < -0.4 is 5.32 Å². The molecule has 1 aliphatic rings. The molecule has 140 valence electrons. The van der Waals surface area contributed by atoms with Crippen molar-refractivity contribution in [3.05, 3.63) is 48.5 Å². The second-order valence-corrected chi connectivity index (χ2v) is 6.27. The zero-order valence-electron chi connectivity index (χ0n) is 14.5. The number of nitrogens with zero attached hydrogens (tertiary/aromatic N) is 4. The third kappa shape index (κ3) is 3.04. The summed E-state index contributed by atoms with van der Waals surface area (Å²) in [5, 5.41) is 12.7. The number of amides is 1. The van der Waals surface area contributed by atoms with Gasteiger partial charge in [0.2, 0.25) is 0 Å². The second-order valence-electron chi connectivity index (χ2n) is 6.27. The molecular formula is C18H18FN5O3. The molecule has 1 fully saturated rings. The van der Waals surface area contributed by atoms with Gasteiger partial charge in [-0.15, -0.1) is 0 Å². The largest absolute Gasteiger partial charge is 0.387 e. The number of fused-ring (bicyclic) bond motifs is 1. The molecule has 27 heavy (non-hydrogen) atoms. The minimum atomic E-state index is -1.61.